The van der Waals surface area contributed by atoms with Gasteiger partial charge in [-0.2, -0.15) is 0 Å². The molecule has 25 heavy (non-hydrogen) atoms. The number of ether oxygens (including phenoxy) is 1. The quantitative estimate of drug-likeness (QED) is 0.532. The number of hydrogen-bond donors (Lipinski definition) is 2. The first-order chi connectivity index (χ1) is 12.1. The minimum Gasteiger partial charge on any atom is -0.508 e. The SMILES string of the molecule is CC.COC(=O)/C=C/c1cc(O)cc2cc(-c3ccc(O)cc3)oc12. The summed E-state index contributed by atoms with van der Waals surface area (Å²) in [6, 6.07) is 11.5. The molecule has 0 unspecified atom stereocenters. The second-order valence-electron chi connectivity index (χ2n) is 4.97. The predicted octanol–water partition coefficient (Wildman–Crippen LogP) is 4.72. The van der Waals surface area contributed by atoms with Crippen molar-refractivity contribution in [2.45, 2.75) is 13.8 Å². The van der Waals surface area contributed by atoms with E-state index in [1.54, 1.807) is 36.4 Å². The van der Waals surface area contributed by atoms with Crippen molar-refractivity contribution in [3.8, 4) is 22.8 Å². The molecule has 1 heterocycles. The molecule has 3 aromatic rings. The molecule has 2 aromatic carbocycles. The number of methoxy groups -OCH3 is 1. The number of fused-ring (bicyclic) bond motifs is 1. The highest BCUT2D eigenvalue weighted by atomic mass is 16.5. The largest absolute Gasteiger partial charge is 0.508 e. The van der Waals surface area contributed by atoms with E-state index in [1.165, 1.54) is 25.3 Å². The monoisotopic (exact) mass is 340 g/mol. The standard InChI is InChI=1S/C18H14O5.C2H6/c1-22-17(21)7-4-12-8-15(20)9-13-10-16(23-18(12)13)11-2-5-14(19)6-3-11;1-2/h2-10,19-20H,1H3;1-2H3/b7-4+;. The highest BCUT2D eigenvalue weighted by Crippen LogP contribution is 2.33. The third kappa shape index (κ3) is 4.20. The zero-order valence-electron chi connectivity index (χ0n) is 14.3. The zero-order valence-corrected chi connectivity index (χ0v) is 14.3. The van der Waals surface area contributed by atoms with Gasteiger partial charge in [0.2, 0.25) is 0 Å². The van der Waals surface area contributed by atoms with Crippen LogP contribution < -0.4 is 0 Å². The molecule has 0 amide bonds. The number of esters is 1. The Kier molecular flexibility index (Phi) is 5.84. The summed E-state index contributed by atoms with van der Waals surface area (Å²) < 4.78 is 10.4. The highest BCUT2D eigenvalue weighted by Gasteiger charge is 2.11. The topological polar surface area (TPSA) is 79.9 Å². The van der Waals surface area contributed by atoms with Gasteiger partial charge in [-0.1, -0.05) is 13.8 Å². The average molecular weight is 340 g/mol. The van der Waals surface area contributed by atoms with Gasteiger partial charge in [-0.3, -0.25) is 0 Å². The molecule has 5 heteroatoms. The summed E-state index contributed by atoms with van der Waals surface area (Å²) in [6.45, 7) is 4.00. The molecule has 3 rings (SSSR count). The lowest BCUT2D eigenvalue weighted by Crippen LogP contribution is -1.93. The van der Waals surface area contributed by atoms with E-state index in [0.29, 0.717) is 22.3 Å². The first kappa shape index (κ1) is 18.1. The molecule has 0 aliphatic rings. The molecule has 0 bridgehead atoms. The lowest BCUT2D eigenvalue weighted by atomic mass is 10.1. The maximum Gasteiger partial charge on any atom is 0.330 e. The molecule has 0 saturated heterocycles. The molecule has 0 fully saturated rings. The number of benzene rings is 2. The van der Waals surface area contributed by atoms with E-state index >= 15 is 0 Å². The van der Waals surface area contributed by atoms with Crippen LogP contribution in [0.25, 0.3) is 28.4 Å². The normalized spacial score (nSPS) is 10.5. The van der Waals surface area contributed by atoms with Gasteiger partial charge < -0.3 is 19.4 Å². The van der Waals surface area contributed by atoms with Crippen LogP contribution in [0.1, 0.15) is 19.4 Å². The molecule has 0 spiro atoms. The van der Waals surface area contributed by atoms with Crippen molar-refractivity contribution in [3.05, 3.63) is 54.1 Å². The van der Waals surface area contributed by atoms with Crippen molar-refractivity contribution in [1.82, 2.24) is 0 Å². The van der Waals surface area contributed by atoms with Crippen LogP contribution in [0.5, 0.6) is 11.5 Å². The van der Waals surface area contributed by atoms with Gasteiger partial charge in [-0.25, -0.2) is 4.79 Å². The summed E-state index contributed by atoms with van der Waals surface area (Å²) in [7, 11) is 1.29. The molecule has 0 aliphatic carbocycles. The minimum absolute atomic E-state index is 0.0695. The van der Waals surface area contributed by atoms with Gasteiger partial charge in [0.15, 0.2) is 0 Å². The zero-order chi connectivity index (χ0) is 18.4. The van der Waals surface area contributed by atoms with Crippen LogP contribution in [0.3, 0.4) is 0 Å². The molecule has 0 radical (unpaired) electrons. The second-order valence-corrected chi connectivity index (χ2v) is 4.97. The first-order valence-electron chi connectivity index (χ1n) is 7.89. The summed E-state index contributed by atoms with van der Waals surface area (Å²) in [5.74, 6) is 0.342. The van der Waals surface area contributed by atoms with Gasteiger partial charge in [-0.05, 0) is 48.5 Å². The summed E-state index contributed by atoms with van der Waals surface area (Å²) >= 11 is 0. The number of phenols is 2. The number of furan rings is 1. The molecule has 5 nitrogen and oxygen atoms in total. The van der Waals surface area contributed by atoms with E-state index in [-0.39, 0.29) is 11.5 Å². The van der Waals surface area contributed by atoms with E-state index < -0.39 is 5.97 Å². The minimum atomic E-state index is -0.494. The molecule has 2 N–H and O–H groups in total. The Labute approximate surface area is 145 Å². The van der Waals surface area contributed by atoms with E-state index in [0.717, 1.165) is 5.56 Å². The van der Waals surface area contributed by atoms with Gasteiger partial charge in [0.05, 0.1) is 7.11 Å². The van der Waals surface area contributed by atoms with Crippen molar-refractivity contribution in [1.29, 1.82) is 0 Å². The predicted molar refractivity (Wildman–Crippen MR) is 97.4 cm³/mol. The first-order valence-corrected chi connectivity index (χ1v) is 7.89. The van der Waals surface area contributed by atoms with Gasteiger partial charge >= 0.3 is 5.97 Å². The Balaban J connectivity index is 0.00000109. The fourth-order valence-corrected chi connectivity index (χ4v) is 2.28. The Morgan fingerprint density at radius 3 is 2.36 bits per heavy atom. The molecule has 0 saturated carbocycles. The number of aromatic hydroxyl groups is 2. The summed E-state index contributed by atoms with van der Waals surface area (Å²) in [5.41, 5.74) is 1.91. The van der Waals surface area contributed by atoms with Gasteiger partial charge in [-0.15, -0.1) is 0 Å². The van der Waals surface area contributed by atoms with Crippen LogP contribution in [0.2, 0.25) is 0 Å². The second kappa shape index (κ2) is 8.06. The van der Waals surface area contributed by atoms with Crippen molar-refractivity contribution < 1.29 is 24.2 Å². The third-order valence-electron chi connectivity index (χ3n) is 3.38. The highest BCUT2D eigenvalue weighted by molar-refractivity contribution is 5.94. The van der Waals surface area contributed by atoms with Crippen molar-refractivity contribution in [2.75, 3.05) is 7.11 Å². The van der Waals surface area contributed by atoms with Gasteiger partial charge in [0.1, 0.15) is 22.8 Å². The fraction of sp³-hybridized carbons (Fsp3) is 0.150. The lowest BCUT2D eigenvalue weighted by molar-refractivity contribution is -0.134. The van der Waals surface area contributed by atoms with E-state index in [4.69, 9.17) is 4.42 Å². The molecule has 1 aromatic heterocycles. The molecular weight excluding hydrogens is 320 g/mol. The van der Waals surface area contributed by atoms with Crippen LogP contribution in [0.4, 0.5) is 0 Å². The average Bonchev–Trinajstić information content (AvgIpc) is 3.05. The van der Waals surface area contributed by atoms with Crippen LogP contribution in [-0.4, -0.2) is 23.3 Å². The number of carbonyl (C=O) groups excluding carboxylic acids is 1. The number of hydrogen-bond acceptors (Lipinski definition) is 5. The molecule has 0 atom stereocenters. The van der Waals surface area contributed by atoms with Gasteiger partial charge in [0, 0.05) is 22.6 Å². The third-order valence-corrected chi connectivity index (χ3v) is 3.38. The maximum absolute atomic E-state index is 11.2. The Hall–Kier alpha value is -3.21. The van der Waals surface area contributed by atoms with Crippen LogP contribution >= 0.6 is 0 Å². The Morgan fingerprint density at radius 1 is 1.04 bits per heavy atom. The van der Waals surface area contributed by atoms with Gasteiger partial charge in [0.25, 0.3) is 0 Å². The summed E-state index contributed by atoms with van der Waals surface area (Å²) in [5, 5.41) is 19.9. The van der Waals surface area contributed by atoms with Crippen LogP contribution in [-0.2, 0) is 9.53 Å². The molecule has 0 aliphatic heterocycles. The summed E-state index contributed by atoms with van der Waals surface area (Å²) in [6.07, 6.45) is 2.79. The molecule has 130 valence electrons. The van der Waals surface area contributed by atoms with Crippen LogP contribution in [0, 0.1) is 0 Å². The number of carbonyl (C=O) groups is 1. The van der Waals surface area contributed by atoms with Crippen molar-refractivity contribution in [3.63, 3.8) is 0 Å². The van der Waals surface area contributed by atoms with E-state index in [9.17, 15) is 15.0 Å². The fourth-order valence-electron chi connectivity index (χ4n) is 2.28. The Bertz CT molecular complexity index is 888. The Morgan fingerprint density at radius 2 is 1.72 bits per heavy atom. The lowest BCUT2D eigenvalue weighted by Gasteiger charge is -1.99. The van der Waals surface area contributed by atoms with Crippen molar-refractivity contribution >= 4 is 23.0 Å². The van der Waals surface area contributed by atoms with Crippen LogP contribution in [0.15, 0.2) is 53.0 Å². The molecular formula is C20H20O5. The number of phenolic OH excluding ortho intramolecular Hbond substituents is 2. The van der Waals surface area contributed by atoms with E-state index in [1.807, 2.05) is 13.8 Å². The number of rotatable bonds is 3. The van der Waals surface area contributed by atoms with Crippen molar-refractivity contribution in [2.24, 2.45) is 0 Å². The van der Waals surface area contributed by atoms with E-state index in [2.05, 4.69) is 4.74 Å². The summed E-state index contributed by atoms with van der Waals surface area (Å²) in [4.78, 5) is 11.2. The smallest absolute Gasteiger partial charge is 0.330 e. The maximum atomic E-state index is 11.2.